The van der Waals surface area contributed by atoms with Gasteiger partial charge in [-0.3, -0.25) is 9.78 Å². The Hall–Kier alpha value is -2.62. The first kappa shape index (κ1) is 15.3. The molecule has 118 valence electrons. The molecule has 0 aliphatic heterocycles. The highest BCUT2D eigenvalue weighted by Crippen LogP contribution is 2.26. The van der Waals surface area contributed by atoms with Crippen LogP contribution >= 0.6 is 0 Å². The molecule has 3 rings (SSSR count). The number of carbonyl (C=O) groups excluding carboxylic acids is 1. The van der Waals surface area contributed by atoms with Gasteiger partial charge in [0, 0.05) is 30.4 Å². The van der Waals surface area contributed by atoms with Crippen LogP contribution in [0.2, 0.25) is 0 Å². The Morgan fingerprint density at radius 3 is 2.83 bits per heavy atom. The second kappa shape index (κ2) is 6.24. The molecule has 4 heteroatoms. The van der Waals surface area contributed by atoms with Crippen molar-refractivity contribution in [1.29, 1.82) is 0 Å². The van der Waals surface area contributed by atoms with Crippen LogP contribution in [0.5, 0.6) is 0 Å². The van der Waals surface area contributed by atoms with E-state index in [2.05, 4.69) is 11.9 Å². The van der Waals surface area contributed by atoms with E-state index in [4.69, 9.17) is 4.42 Å². The first-order chi connectivity index (χ1) is 11.1. The predicted molar refractivity (Wildman–Crippen MR) is 90.3 cm³/mol. The van der Waals surface area contributed by atoms with E-state index < -0.39 is 0 Å². The van der Waals surface area contributed by atoms with E-state index in [9.17, 15) is 4.79 Å². The highest BCUT2D eigenvalue weighted by Gasteiger charge is 2.21. The molecular formula is C19H20N2O2. The van der Waals surface area contributed by atoms with Crippen molar-refractivity contribution < 1.29 is 9.21 Å². The largest absolute Gasteiger partial charge is 0.461 e. The molecule has 4 nitrogen and oxygen atoms in total. The first-order valence-corrected chi connectivity index (χ1v) is 7.77. The van der Waals surface area contributed by atoms with Gasteiger partial charge in [-0.25, -0.2) is 0 Å². The highest BCUT2D eigenvalue weighted by atomic mass is 16.3. The smallest absolute Gasteiger partial charge is 0.254 e. The third-order valence-electron chi connectivity index (χ3n) is 4.13. The predicted octanol–water partition coefficient (Wildman–Crippen LogP) is 4.36. The summed E-state index contributed by atoms with van der Waals surface area (Å²) in [7, 11) is 1.84. The average Bonchev–Trinajstić information content (AvgIpc) is 2.94. The highest BCUT2D eigenvalue weighted by molar-refractivity contribution is 5.98. The van der Waals surface area contributed by atoms with Crippen molar-refractivity contribution in [3.05, 3.63) is 65.7 Å². The van der Waals surface area contributed by atoms with E-state index in [-0.39, 0.29) is 11.9 Å². The van der Waals surface area contributed by atoms with Gasteiger partial charge in [0.15, 0.2) is 0 Å². The molecule has 0 fully saturated rings. The minimum absolute atomic E-state index is 0.00135. The van der Waals surface area contributed by atoms with Crippen LogP contribution in [0.1, 0.15) is 41.1 Å². The minimum Gasteiger partial charge on any atom is -0.461 e. The molecule has 2 heterocycles. The summed E-state index contributed by atoms with van der Waals surface area (Å²) in [5.74, 6) is 0.848. The molecular weight excluding hydrogens is 288 g/mol. The monoisotopic (exact) mass is 308 g/mol. The van der Waals surface area contributed by atoms with Crippen molar-refractivity contribution in [1.82, 2.24) is 9.88 Å². The summed E-state index contributed by atoms with van der Waals surface area (Å²) in [6.07, 6.45) is 4.40. The normalized spacial score (nSPS) is 12.3. The van der Waals surface area contributed by atoms with Crippen molar-refractivity contribution in [3.8, 4) is 0 Å². The van der Waals surface area contributed by atoms with Crippen molar-refractivity contribution in [2.24, 2.45) is 0 Å². The number of fused-ring (bicyclic) bond motifs is 1. The van der Waals surface area contributed by atoms with Gasteiger partial charge in [0.2, 0.25) is 0 Å². The molecule has 1 aromatic carbocycles. The lowest BCUT2D eigenvalue weighted by atomic mass is 10.0. The number of aromatic nitrogens is 1. The van der Waals surface area contributed by atoms with Crippen molar-refractivity contribution in [2.75, 3.05) is 7.05 Å². The van der Waals surface area contributed by atoms with E-state index >= 15 is 0 Å². The van der Waals surface area contributed by atoms with Crippen LogP contribution in [0.4, 0.5) is 0 Å². The number of carbonyl (C=O) groups is 1. The molecule has 3 aromatic rings. The number of rotatable bonds is 4. The lowest BCUT2D eigenvalue weighted by molar-refractivity contribution is 0.0726. The van der Waals surface area contributed by atoms with Crippen molar-refractivity contribution in [3.63, 3.8) is 0 Å². The Labute approximate surface area is 135 Å². The fourth-order valence-corrected chi connectivity index (χ4v) is 2.96. The molecule has 2 aromatic heterocycles. The van der Waals surface area contributed by atoms with Crippen LogP contribution in [-0.4, -0.2) is 22.8 Å². The third-order valence-corrected chi connectivity index (χ3v) is 4.13. The zero-order valence-corrected chi connectivity index (χ0v) is 13.6. The lowest BCUT2D eigenvalue weighted by Gasteiger charge is -2.27. The summed E-state index contributed by atoms with van der Waals surface area (Å²) < 4.78 is 5.57. The Morgan fingerprint density at radius 1 is 1.30 bits per heavy atom. The molecule has 0 N–H and O–H groups in total. The van der Waals surface area contributed by atoms with Crippen molar-refractivity contribution >= 4 is 16.9 Å². The molecule has 0 bridgehead atoms. The molecule has 0 radical (unpaired) electrons. The van der Waals surface area contributed by atoms with E-state index in [1.807, 2.05) is 56.6 Å². The number of hydrogen-bond donors (Lipinski definition) is 0. The van der Waals surface area contributed by atoms with Crippen molar-refractivity contribution in [2.45, 2.75) is 26.3 Å². The topological polar surface area (TPSA) is 46.3 Å². The van der Waals surface area contributed by atoms with Gasteiger partial charge in [0.25, 0.3) is 5.91 Å². The van der Waals surface area contributed by atoms with Crippen LogP contribution in [0.3, 0.4) is 0 Å². The molecule has 0 spiro atoms. The molecule has 0 saturated carbocycles. The zero-order chi connectivity index (χ0) is 16.4. The van der Waals surface area contributed by atoms with E-state index in [1.165, 1.54) is 0 Å². The number of aryl methyl sites for hydroxylation is 1. The maximum absolute atomic E-state index is 12.8. The molecule has 0 aliphatic carbocycles. The van der Waals surface area contributed by atoms with Crippen LogP contribution < -0.4 is 0 Å². The summed E-state index contributed by atoms with van der Waals surface area (Å²) >= 11 is 0. The van der Waals surface area contributed by atoms with Gasteiger partial charge in [-0.05, 0) is 49.2 Å². The van der Waals surface area contributed by atoms with Gasteiger partial charge in [0.1, 0.15) is 11.3 Å². The van der Waals surface area contributed by atoms with Gasteiger partial charge in [-0.2, -0.15) is 0 Å². The van der Waals surface area contributed by atoms with Gasteiger partial charge >= 0.3 is 0 Å². The quantitative estimate of drug-likeness (QED) is 0.719. The van der Waals surface area contributed by atoms with Gasteiger partial charge < -0.3 is 9.32 Å². The molecule has 1 atom stereocenters. The molecule has 1 unspecified atom stereocenters. The summed E-state index contributed by atoms with van der Waals surface area (Å²) in [6.45, 7) is 3.98. The number of benzene rings is 1. The van der Waals surface area contributed by atoms with Gasteiger partial charge in [0.05, 0.1) is 6.04 Å². The molecule has 0 saturated heterocycles. The number of amides is 1. The third kappa shape index (κ3) is 2.97. The average molecular weight is 308 g/mol. The maximum atomic E-state index is 12.8. The summed E-state index contributed by atoms with van der Waals surface area (Å²) in [4.78, 5) is 18.8. The maximum Gasteiger partial charge on any atom is 0.254 e. The summed E-state index contributed by atoms with van der Waals surface area (Å²) in [5.41, 5.74) is 2.52. The number of furan rings is 1. The Bertz CT molecular complexity index is 824. The standard InChI is InChI=1S/C19H20N2O2/c1-4-17(15-6-5-9-20-12-15)21(3)19(22)14-7-8-18-16(11-14)10-13(2)23-18/h5-12,17H,4H2,1-3H3. The van der Waals surface area contributed by atoms with Crippen LogP contribution in [0, 0.1) is 6.92 Å². The number of nitrogens with zero attached hydrogens (tertiary/aromatic N) is 2. The van der Waals surface area contributed by atoms with E-state index in [0.717, 1.165) is 28.7 Å². The zero-order valence-electron chi connectivity index (χ0n) is 13.6. The number of hydrogen-bond acceptors (Lipinski definition) is 3. The molecule has 0 aliphatic rings. The van der Waals surface area contributed by atoms with Crippen LogP contribution in [-0.2, 0) is 0 Å². The fourth-order valence-electron chi connectivity index (χ4n) is 2.96. The second-order valence-electron chi connectivity index (χ2n) is 5.74. The van der Waals surface area contributed by atoms with E-state index in [0.29, 0.717) is 5.56 Å². The van der Waals surface area contributed by atoms with E-state index in [1.54, 1.807) is 11.1 Å². The fraction of sp³-hybridized carbons (Fsp3) is 0.263. The lowest BCUT2D eigenvalue weighted by Crippen LogP contribution is -2.31. The molecule has 1 amide bonds. The summed E-state index contributed by atoms with van der Waals surface area (Å²) in [5, 5.41) is 0.955. The van der Waals surface area contributed by atoms with Crippen LogP contribution in [0.15, 0.2) is 53.2 Å². The van der Waals surface area contributed by atoms with Gasteiger partial charge in [-0.15, -0.1) is 0 Å². The van der Waals surface area contributed by atoms with Crippen LogP contribution in [0.25, 0.3) is 11.0 Å². The molecule has 23 heavy (non-hydrogen) atoms. The minimum atomic E-state index is 0.00135. The number of pyridine rings is 1. The SMILES string of the molecule is CCC(c1cccnc1)N(C)C(=O)c1ccc2oc(C)cc2c1. The summed E-state index contributed by atoms with van der Waals surface area (Å²) in [6, 6.07) is 11.4. The Morgan fingerprint density at radius 2 is 2.13 bits per heavy atom. The Balaban J connectivity index is 1.90. The van der Waals surface area contributed by atoms with Gasteiger partial charge in [-0.1, -0.05) is 13.0 Å². The Kier molecular flexibility index (Phi) is 4.15. The first-order valence-electron chi connectivity index (χ1n) is 7.77. The second-order valence-corrected chi connectivity index (χ2v) is 5.74.